The first-order valence-corrected chi connectivity index (χ1v) is 13.2. The second kappa shape index (κ2) is 12.7. The van der Waals surface area contributed by atoms with Gasteiger partial charge in [0.1, 0.15) is 17.3 Å². The molecule has 2 aliphatic rings. The van der Waals surface area contributed by atoms with E-state index >= 15 is 0 Å². The van der Waals surface area contributed by atoms with Crippen molar-refractivity contribution in [3.8, 4) is 11.5 Å². The minimum Gasteiger partial charge on any atom is -0.457 e. The highest BCUT2D eigenvalue weighted by atomic mass is 16.5. The number of ether oxygens (including phenoxy) is 2. The highest BCUT2D eigenvalue weighted by Crippen LogP contribution is 2.26. The molecule has 1 aliphatic carbocycles. The summed E-state index contributed by atoms with van der Waals surface area (Å²) in [6.07, 6.45) is 8.03. The maximum absolute atomic E-state index is 12.7. The predicted molar refractivity (Wildman–Crippen MR) is 150 cm³/mol. The Morgan fingerprint density at radius 1 is 1.00 bits per heavy atom. The van der Waals surface area contributed by atoms with Gasteiger partial charge in [0, 0.05) is 24.2 Å². The molecule has 0 spiro atoms. The fraction of sp³-hybridized carbons (Fsp3) is 0.290. The largest absolute Gasteiger partial charge is 0.457 e. The van der Waals surface area contributed by atoms with E-state index in [4.69, 9.17) is 9.47 Å². The van der Waals surface area contributed by atoms with Crippen LogP contribution in [-0.4, -0.2) is 53.2 Å². The summed E-state index contributed by atoms with van der Waals surface area (Å²) in [5, 5.41) is 22.0. The van der Waals surface area contributed by atoms with Crippen molar-refractivity contribution in [2.75, 3.05) is 29.9 Å². The Bertz CT molecular complexity index is 1280. The molecule has 0 radical (unpaired) electrons. The van der Waals surface area contributed by atoms with Crippen LogP contribution in [0.25, 0.3) is 0 Å². The normalized spacial score (nSPS) is 17.7. The van der Waals surface area contributed by atoms with Gasteiger partial charge in [0.25, 0.3) is 5.91 Å². The molecule has 3 N–H and O–H groups in total. The summed E-state index contributed by atoms with van der Waals surface area (Å²) in [4.78, 5) is 19.5. The lowest BCUT2D eigenvalue weighted by atomic mass is 9.96. The number of anilines is 2. The molecular formula is C31H33N3O5. The molecular weight excluding hydrogens is 494 g/mol. The first kappa shape index (κ1) is 26.6. The molecule has 202 valence electrons. The molecule has 8 nitrogen and oxygen atoms in total. The average Bonchev–Trinajstić information content (AvgIpc) is 2.98. The number of rotatable bonds is 9. The molecule has 0 bridgehead atoms. The molecule has 5 rings (SSSR count). The standard InChI is InChI=1S/C31H33N3O5/c35-30(23-10-13-26(14-11-23)39-25-6-2-1-3-7-25)33-24-12-15-29(32-20-24)34-18-16-22(17-19-34)21-38-28-9-5-4-8-27(28)31(36)37/h1-8,10-15,20,22,28,31,36-37H,9,16-19,21H2,(H,33,35). The van der Waals surface area contributed by atoms with Crippen LogP contribution in [0.15, 0.2) is 96.7 Å². The first-order valence-electron chi connectivity index (χ1n) is 13.2. The summed E-state index contributed by atoms with van der Waals surface area (Å²) in [6, 6.07) is 20.3. The second-order valence-corrected chi connectivity index (χ2v) is 9.76. The number of aromatic nitrogens is 1. The van der Waals surface area contributed by atoms with Gasteiger partial charge in [0.15, 0.2) is 6.29 Å². The molecule has 1 aliphatic heterocycles. The van der Waals surface area contributed by atoms with Crippen molar-refractivity contribution in [1.29, 1.82) is 0 Å². The van der Waals surface area contributed by atoms with Crippen LogP contribution < -0.4 is 15.0 Å². The fourth-order valence-corrected chi connectivity index (χ4v) is 4.77. The van der Waals surface area contributed by atoms with Gasteiger partial charge in [0.2, 0.25) is 0 Å². The van der Waals surface area contributed by atoms with Crippen molar-refractivity contribution in [3.63, 3.8) is 0 Å². The fourth-order valence-electron chi connectivity index (χ4n) is 4.77. The number of amides is 1. The SMILES string of the molecule is O=C(Nc1ccc(N2CCC(COC3CC=CC=C3C(O)O)CC2)nc1)c1ccc(Oc2ccccc2)cc1. The van der Waals surface area contributed by atoms with Gasteiger partial charge in [-0.25, -0.2) is 4.98 Å². The van der Waals surface area contributed by atoms with Crippen molar-refractivity contribution in [2.45, 2.75) is 31.7 Å². The molecule has 1 saturated heterocycles. The summed E-state index contributed by atoms with van der Waals surface area (Å²) >= 11 is 0. The Morgan fingerprint density at radius 3 is 2.44 bits per heavy atom. The van der Waals surface area contributed by atoms with Gasteiger partial charge in [0.05, 0.1) is 24.6 Å². The molecule has 39 heavy (non-hydrogen) atoms. The Hall–Kier alpha value is -3.98. The van der Waals surface area contributed by atoms with Crippen LogP contribution in [0.2, 0.25) is 0 Å². The smallest absolute Gasteiger partial charge is 0.255 e. The van der Waals surface area contributed by atoms with E-state index < -0.39 is 6.29 Å². The number of carbonyl (C=O) groups excluding carboxylic acids is 1. The lowest BCUT2D eigenvalue weighted by Gasteiger charge is -2.34. The minimum atomic E-state index is -1.49. The maximum atomic E-state index is 12.7. The van der Waals surface area contributed by atoms with Gasteiger partial charge in [-0.1, -0.05) is 36.4 Å². The summed E-state index contributed by atoms with van der Waals surface area (Å²) in [5.41, 5.74) is 1.68. The van der Waals surface area contributed by atoms with Crippen LogP contribution in [0, 0.1) is 5.92 Å². The summed E-state index contributed by atoms with van der Waals surface area (Å²) in [7, 11) is 0. The lowest BCUT2D eigenvalue weighted by Crippen LogP contribution is -2.36. The first-order chi connectivity index (χ1) is 19.0. The number of aliphatic hydroxyl groups is 2. The summed E-state index contributed by atoms with van der Waals surface area (Å²) < 4.78 is 11.8. The third-order valence-electron chi connectivity index (χ3n) is 7.02. The molecule has 2 heterocycles. The van der Waals surface area contributed by atoms with E-state index in [0.717, 1.165) is 37.5 Å². The van der Waals surface area contributed by atoms with E-state index in [0.29, 0.717) is 41.5 Å². The van der Waals surface area contributed by atoms with Gasteiger partial charge in [-0.15, -0.1) is 0 Å². The molecule has 1 aromatic heterocycles. The zero-order valence-corrected chi connectivity index (χ0v) is 21.6. The number of nitrogens with zero attached hydrogens (tertiary/aromatic N) is 2. The molecule has 3 aromatic rings. The summed E-state index contributed by atoms with van der Waals surface area (Å²) in [5.74, 6) is 2.48. The maximum Gasteiger partial charge on any atom is 0.255 e. The lowest BCUT2D eigenvalue weighted by molar-refractivity contribution is -0.0412. The predicted octanol–water partition coefficient (Wildman–Crippen LogP) is 4.92. The average molecular weight is 528 g/mol. The minimum absolute atomic E-state index is 0.211. The number of hydrogen-bond acceptors (Lipinski definition) is 7. The Labute approximate surface area is 228 Å². The number of nitrogens with one attached hydrogen (secondary N) is 1. The number of piperidine rings is 1. The molecule has 1 fully saturated rings. The van der Waals surface area contributed by atoms with Gasteiger partial charge >= 0.3 is 0 Å². The van der Waals surface area contributed by atoms with E-state index in [1.165, 1.54) is 0 Å². The third-order valence-corrected chi connectivity index (χ3v) is 7.02. The molecule has 2 aromatic carbocycles. The van der Waals surface area contributed by atoms with Crippen molar-refractivity contribution < 1.29 is 24.5 Å². The number of allylic oxidation sites excluding steroid dienone is 2. The van der Waals surface area contributed by atoms with Crippen molar-refractivity contribution in [1.82, 2.24) is 4.98 Å². The number of pyridine rings is 1. The van der Waals surface area contributed by atoms with Crippen LogP contribution in [0.1, 0.15) is 29.6 Å². The molecule has 0 saturated carbocycles. The highest BCUT2D eigenvalue weighted by Gasteiger charge is 2.25. The molecule has 1 atom stereocenters. The summed E-state index contributed by atoms with van der Waals surface area (Å²) in [6.45, 7) is 2.31. The Balaban J connectivity index is 1.07. The third kappa shape index (κ3) is 7.11. The van der Waals surface area contributed by atoms with E-state index in [9.17, 15) is 15.0 Å². The van der Waals surface area contributed by atoms with Crippen LogP contribution in [-0.2, 0) is 4.74 Å². The molecule has 1 unspecified atom stereocenters. The van der Waals surface area contributed by atoms with Crippen LogP contribution in [0.3, 0.4) is 0 Å². The van der Waals surface area contributed by atoms with E-state index in [2.05, 4.69) is 15.2 Å². The van der Waals surface area contributed by atoms with Crippen molar-refractivity contribution in [2.24, 2.45) is 5.92 Å². The van der Waals surface area contributed by atoms with Gasteiger partial charge in [-0.05, 0) is 73.7 Å². The highest BCUT2D eigenvalue weighted by molar-refractivity contribution is 6.04. The van der Waals surface area contributed by atoms with Crippen LogP contribution >= 0.6 is 0 Å². The van der Waals surface area contributed by atoms with E-state index in [1.54, 1.807) is 36.5 Å². The number of carbonyl (C=O) groups is 1. The zero-order chi connectivity index (χ0) is 27.0. The molecule has 1 amide bonds. The number of benzene rings is 2. The number of para-hydroxylation sites is 1. The van der Waals surface area contributed by atoms with E-state index in [1.807, 2.05) is 54.6 Å². The second-order valence-electron chi connectivity index (χ2n) is 9.76. The molecule has 8 heteroatoms. The topological polar surface area (TPSA) is 104 Å². The Morgan fingerprint density at radius 2 is 1.74 bits per heavy atom. The van der Waals surface area contributed by atoms with Gasteiger partial charge in [-0.3, -0.25) is 4.79 Å². The van der Waals surface area contributed by atoms with Crippen molar-refractivity contribution in [3.05, 3.63) is 102 Å². The van der Waals surface area contributed by atoms with Gasteiger partial charge in [-0.2, -0.15) is 0 Å². The van der Waals surface area contributed by atoms with E-state index in [-0.39, 0.29) is 12.0 Å². The van der Waals surface area contributed by atoms with Gasteiger partial charge < -0.3 is 29.9 Å². The number of aliphatic hydroxyl groups excluding tert-OH is 1. The van der Waals surface area contributed by atoms with Crippen LogP contribution in [0.4, 0.5) is 11.5 Å². The van der Waals surface area contributed by atoms with Crippen LogP contribution in [0.5, 0.6) is 11.5 Å². The monoisotopic (exact) mass is 527 g/mol. The van der Waals surface area contributed by atoms with Crippen molar-refractivity contribution >= 4 is 17.4 Å². The zero-order valence-electron chi connectivity index (χ0n) is 21.6. The Kier molecular flexibility index (Phi) is 8.68. The number of hydrogen-bond donors (Lipinski definition) is 3. The quantitative estimate of drug-likeness (QED) is 0.339.